The van der Waals surface area contributed by atoms with E-state index in [0.717, 1.165) is 0 Å². The number of alkyl halides is 9. The lowest BCUT2D eigenvalue weighted by Crippen LogP contribution is -2.50. The highest BCUT2D eigenvalue weighted by Gasteiger charge is 2.43. The minimum Gasteiger partial charge on any atom is -0.391 e. The van der Waals surface area contributed by atoms with Gasteiger partial charge in [-0.25, -0.2) is 14.4 Å². The van der Waals surface area contributed by atoms with Crippen molar-refractivity contribution in [2.45, 2.75) is 43.0 Å². The van der Waals surface area contributed by atoms with Crippen molar-refractivity contribution in [1.82, 2.24) is 15.3 Å². The summed E-state index contributed by atoms with van der Waals surface area (Å²) in [4.78, 5) is 7.25. The SMILES string of the molecule is OC(CNC(Cc1ccccc1)(c1cc(F)cc(C(F)(F)F)c1)c1nccc(C(F)(F)F)n1)CC(F)(F)F. The van der Waals surface area contributed by atoms with Gasteiger partial charge >= 0.3 is 18.5 Å². The maximum atomic E-state index is 14.5. The molecule has 4 nitrogen and oxygen atoms in total. The number of rotatable bonds is 8. The van der Waals surface area contributed by atoms with Crippen molar-refractivity contribution >= 4 is 0 Å². The molecule has 2 atom stereocenters. The molecule has 0 radical (unpaired) electrons. The van der Waals surface area contributed by atoms with E-state index in [1.807, 2.05) is 0 Å². The average Bonchev–Trinajstić information content (AvgIpc) is 2.80. The van der Waals surface area contributed by atoms with Crippen LogP contribution >= 0.6 is 0 Å². The second kappa shape index (κ2) is 10.8. The summed E-state index contributed by atoms with van der Waals surface area (Å²) in [5, 5.41) is 12.4. The van der Waals surface area contributed by atoms with Crippen LogP contribution in [0.15, 0.2) is 60.8 Å². The Morgan fingerprint density at radius 1 is 0.816 bits per heavy atom. The van der Waals surface area contributed by atoms with Crippen LogP contribution in [-0.4, -0.2) is 33.9 Å². The molecule has 1 heterocycles. The van der Waals surface area contributed by atoms with Gasteiger partial charge in [-0.3, -0.25) is 5.32 Å². The molecule has 0 aliphatic rings. The molecular formula is C24H19F10N3O. The standard InChI is InChI=1S/C24H19F10N3O/c25-17-9-15(8-16(10-17)23(29,30)31)21(11-14-4-2-1-3-5-14,36-13-18(38)12-22(26,27)28)20-35-7-6-19(37-20)24(32,33)34/h1-10,18,36,38H,11-13H2. The Hall–Kier alpha value is -3.26. The number of hydrogen-bond donors (Lipinski definition) is 2. The molecule has 1 aromatic heterocycles. The molecule has 206 valence electrons. The number of nitrogens with one attached hydrogen (secondary N) is 1. The molecule has 3 aromatic rings. The van der Waals surface area contributed by atoms with E-state index < -0.39 is 78.0 Å². The molecule has 38 heavy (non-hydrogen) atoms. The van der Waals surface area contributed by atoms with Gasteiger partial charge in [-0.2, -0.15) is 39.5 Å². The van der Waals surface area contributed by atoms with E-state index in [4.69, 9.17) is 0 Å². The van der Waals surface area contributed by atoms with Crippen LogP contribution in [0.1, 0.15) is 34.6 Å². The van der Waals surface area contributed by atoms with E-state index in [0.29, 0.717) is 24.4 Å². The quantitative estimate of drug-likeness (QED) is 0.333. The zero-order valence-corrected chi connectivity index (χ0v) is 19.1. The van der Waals surface area contributed by atoms with Crippen LogP contribution < -0.4 is 5.32 Å². The minimum absolute atomic E-state index is 0.155. The molecule has 0 saturated carbocycles. The molecule has 0 aliphatic heterocycles. The van der Waals surface area contributed by atoms with Crippen molar-refractivity contribution in [2.75, 3.05) is 6.54 Å². The molecule has 0 fully saturated rings. The van der Waals surface area contributed by atoms with Crippen molar-refractivity contribution in [3.05, 3.63) is 94.8 Å². The normalized spacial score (nSPS) is 15.2. The molecule has 2 aromatic carbocycles. The number of halogens is 10. The number of aromatic nitrogens is 2. The summed E-state index contributed by atoms with van der Waals surface area (Å²) in [5.74, 6) is -2.22. The second-order valence-corrected chi connectivity index (χ2v) is 8.41. The fourth-order valence-corrected chi connectivity index (χ4v) is 3.81. The van der Waals surface area contributed by atoms with E-state index >= 15 is 0 Å². The van der Waals surface area contributed by atoms with E-state index in [9.17, 15) is 49.0 Å². The van der Waals surface area contributed by atoms with Crippen molar-refractivity contribution < 1.29 is 49.0 Å². The Kier molecular flexibility index (Phi) is 8.36. The van der Waals surface area contributed by atoms with Crippen LogP contribution in [-0.2, 0) is 24.3 Å². The van der Waals surface area contributed by atoms with Gasteiger partial charge in [0.2, 0.25) is 0 Å². The van der Waals surface area contributed by atoms with Gasteiger partial charge in [0.1, 0.15) is 17.1 Å². The molecule has 2 unspecified atom stereocenters. The monoisotopic (exact) mass is 555 g/mol. The number of aliphatic hydroxyl groups is 1. The van der Waals surface area contributed by atoms with Crippen LogP contribution in [0.4, 0.5) is 43.9 Å². The maximum absolute atomic E-state index is 14.5. The van der Waals surface area contributed by atoms with Gasteiger partial charge in [-0.05, 0) is 35.4 Å². The van der Waals surface area contributed by atoms with E-state index in [2.05, 4.69) is 15.3 Å². The van der Waals surface area contributed by atoms with Crippen molar-refractivity contribution in [2.24, 2.45) is 0 Å². The molecule has 0 amide bonds. The highest BCUT2D eigenvalue weighted by Crippen LogP contribution is 2.38. The molecule has 0 aliphatic carbocycles. The Bertz CT molecular complexity index is 1230. The summed E-state index contributed by atoms with van der Waals surface area (Å²) in [6, 6.07) is 9.13. The highest BCUT2D eigenvalue weighted by molar-refractivity contribution is 5.39. The first-order chi connectivity index (χ1) is 17.5. The number of aliphatic hydroxyl groups excluding tert-OH is 1. The lowest BCUT2D eigenvalue weighted by molar-refractivity contribution is -0.153. The first-order valence-corrected chi connectivity index (χ1v) is 10.8. The third kappa shape index (κ3) is 7.40. The summed E-state index contributed by atoms with van der Waals surface area (Å²) in [6.45, 7) is -0.968. The number of hydrogen-bond acceptors (Lipinski definition) is 4. The van der Waals surface area contributed by atoms with Crippen LogP contribution in [0.25, 0.3) is 0 Å². The van der Waals surface area contributed by atoms with Crippen LogP contribution in [0, 0.1) is 5.82 Å². The second-order valence-electron chi connectivity index (χ2n) is 8.41. The van der Waals surface area contributed by atoms with Gasteiger partial charge in [0, 0.05) is 19.2 Å². The molecule has 2 N–H and O–H groups in total. The van der Waals surface area contributed by atoms with Gasteiger partial charge < -0.3 is 5.11 Å². The minimum atomic E-state index is -5.08. The fourth-order valence-electron chi connectivity index (χ4n) is 3.81. The molecular weight excluding hydrogens is 536 g/mol. The smallest absolute Gasteiger partial charge is 0.391 e. The van der Waals surface area contributed by atoms with Gasteiger partial charge in [0.05, 0.1) is 18.1 Å². The summed E-state index contributed by atoms with van der Waals surface area (Å²) >= 11 is 0. The Balaban J connectivity index is 2.29. The van der Waals surface area contributed by atoms with Crippen molar-refractivity contribution in [1.29, 1.82) is 0 Å². The Labute approximate surface area is 209 Å². The van der Waals surface area contributed by atoms with Crippen LogP contribution in [0.2, 0.25) is 0 Å². The first kappa shape index (κ1) is 29.3. The molecule has 14 heteroatoms. The third-order valence-electron chi connectivity index (χ3n) is 5.46. The lowest BCUT2D eigenvalue weighted by Gasteiger charge is -2.36. The topological polar surface area (TPSA) is 58.0 Å². The summed E-state index contributed by atoms with van der Waals surface area (Å²) in [6.07, 6.45) is -18.7. The third-order valence-corrected chi connectivity index (χ3v) is 5.46. The molecule has 0 saturated heterocycles. The zero-order valence-electron chi connectivity index (χ0n) is 19.1. The van der Waals surface area contributed by atoms with Crippen molar-refractivity contribution in [3.63, 3.8) is 0 Å². The van der Waals surface area contributed by atoms with Gasteiger partial charge in [0.25, 0.3) is 0 Å². The summed E-state index contributed by atoms with van der Waals surface area (Å²) in [7, 11) is 0. The maximum Gasteiger partial charge on any atom is 0.433 e. The molecule has 3 rings (SSSR count). The Morgan fingerprint density at radius 3 is 2.03 bits per heavy atom. The predicted octanol–water partition coefficient (Wildman–Crippen LogP) is 6.04. The highest BCUT2D eigenvalue weighted by atomic mass is 19.4. The Morgan fingerprint density at radius 2 is 1.45 bits per heavy atom. The number of benzene rings is 2. The molecule has 0 bridgehead atoms. The predicted molar refractivity (Wildman–Crippen MR) is 114 cm³/mol. The van der Waals surface area contributed by atoms with E-state index in [1.165, 1.54) is 24.3 Å². The zero-order chi connectivity index (χ0) is 28.4. The lowest BCUT2D eigenvalue weighted by atomic mass is 9.81. The summed E-state index contributed by atoms with van der Waals surface area (Å²) < 4.78 is 134. The van der Waals surface area contributed by atoms with Crippen LogP contribution in [0.5, 0.6) is 0 Å². The van der Waals surface area contributed by atoms with Gasteiger partial charge in [0.15, 0.2) is 5.82 Å². The number of nitrogens with zero attached hydrogens (tertiary/aromatic N) is 2. The van der Waals surface area contributed by atoms with Gasteiger partial charge in [-0.1, -0.05) is 30.3 Å². The fraction of sp³-hybridized carbons (Fsp3) is 0.333. The average molecular weight is 555 g/mol. The molecule has 0 spiro atoms. The van der Waals surface area contributed by atoms with Crippen LogP contribution in [0.3, 0.4) is 0 Å². The first-order valence-electron chi connectivity index (χ1n) is 10.8. The summed E-state index contributed by atoms with van der Waals surface area (Å²) in [5.41, 5.74) is -5.67. The van der Waals surface area contributed by atoms with E-state index in [-0.39, 0.29) is 11.6 Å². The largest absolute Gasteiger partial charge is 0.433 e. The van der Waals surface area contributed by atoms with Crippen molar-refractivity contribution in [3.8, 4) is 0 Å². The van der Waals surface area contributed by atoms with Gasteiger partial charge in [-0.15, -0.1) is 0 Å². The van der Waals surface area contributed by atoms with E-state index in [1.54, 1.807) is 6.07 Å².